The summed E-state index contributed by atoms with van der Waals surface area (Å²) in [6.45, 7) is 7.84. The first-order valence-electron chi connectivity index (χ1n) is 18.5. The van der Waals surface area contributed by atoms with Gasteiger partial charge in [0.05, 0.1) is 37.3 Å². The van der Waals surface area contributed by atoms with Crippen molar-refractivity contribution in [2.24, 2.45) is 0 Å². The molecule has 0 saturated carbocycles. The van der Waals surface area contributed by atoms with Crippen molar-refractivity contribution in [1.29, 1.82) is 0 Å². The van der Waals surface area contributed by atoms with Crippen LogP contribution in [0, 0.1) is 0 Å². The van der Waals surface area contributed by atoms with Crippen LogP contribution in [0.25, 0.3) is 0 Å². The van der Waals surface area contributed by atoms with Gasteiger partial charge in [-0.3, -0.25) is 29.4 Å². The molecule has 10 nitrogen and oxygen atoms in total. The lowest BCUT2D eigenvalue weighted by molar-refractivity contribution is -0.134. The number of amides is 4. The highest BCUT2D eigenvalue weighted by atomic mass is 16.5. The lowest BCUT2D eigenvalue weighted by atomic mass is 9.85. The molecule has 4 aliphatic heterocycles. The number of nitrogens with one attached hydrogen (secondary N) is 1. The van der Waals surface area contributed by atoms with Crippen LogP contribution in [0.1, 0.15) is 100 Å². The van der Waals surface area contributed by atoms with E-state index in [0.29, 0.717) is 54.0 Å². The van der Waals surface area contributed by atoms with Crippen LogP contribution in [0.15, 0.2) is 60.7 Å². The molecule has 0 spiro atoms. The molecule has 1 unspecified atom stereocenters. The van der Waals surface area contributed by atoms with Gasteiger partial charge < -0.3 is 19.3 Å². The maximum absolute atomic E-state index is 13.4. The van der Waals surface area contributed by atoms with Gasteiger partial charge in [0.2, 0.25) is 11.8 Å². The Bertz CT molecular complexity index is 1780. The second-order valence-electron chi connectivity index (χ2n) is 14.3. The minimum atomic E-state index is -0.260. The van der Waals surface area contributed by atoms with Gasteiger partial charge in [0.15, 0.2) is 11.5 Å². The maximum atomic E-state index is 13.4. The smallest absolute Gasteiger partial charge is 0.261 e. The summed E-state index contributed by atoms with van der Waals surface area (Å²) in [6, 6.07) is 20.3. The topological polar surface area (TPSA) is 108 Å². The highest BCUT2D eigenvalue weighted by molar-refractivity contribution is 6.21. The van der Waals surface area contributed by atoms with E-state index in [1.165, 1.54) is 10.5 Å². The van der Waals surface area contributed by atoms with Crippen LogP contribution in [-0.2, 0) is 22.6 Å². The number of nitrogens with zero attached hydrogens (tertiary/aromatic N) is 3. The van der Waals surface area contributed by atoms with Crippen molar-refractivity contribution in [3.63, 3.8) is 0 Å². The van der Waals surface area contributed by atoms with E-state index in [0.717, 1.165) is 81.5 Å². The first-order chi connectivity index (χ1) is 24.8. The molecule has 51 heavy (non-hydrogen) atoms. The molecule has 3 fully saturated rings. The maximum Gasteiger partial charge on any atom is 0.261 e. The second-order valence-corrected chi connectivity index (χ2v) is 14.3. The molecule has 0 aliphatic carbocycles. The van der Waals surface area contributed by atoms with Gasteiger partial charge in [0.1, 0.15) is 0 Å². The Balaban J connectivity index is 0.862. The zero-order valence-electron chi connectivity index (χ0n) is 29.7. The van der Waals surface area contributed by atoms with Gasteiger partial charge in [0, 0.05) is 19.0 Å². The largest absolute Gasteiger partial charge is 0.493 e. The number of methoxy groups -OCH3 is 1. The summed E-state index contributed by atoms with van der Waals surface area (Å²) in [5.74, 6) is 0.653. The molecule has 10 heteroatoms. The van der Waals surface area contributed by atoms with E-state index < -0.39 is 0 Å². The molecule has 4 aliphatic rings. The fraction of sp³-hybridized carbons (Fsp3) is 0.463. The number of benzene rings is 3. The summed E-state index contributed by atoms with van der Waals surface area (Å²) in [4.78, 5) is 56.9. The average molecular weight is 693 g/mol. The molecule has 268 valence electrons. The number of ether oxygens (including phenoxy) is 2. The van der Waals surface area contributed by atoms with Gasteiger partial charge in [-0.2, -0.15) is 0 Å². The third-order valence-corrected chi connectivity index (χ3v) is 11.3. The Morgan fingerprint density at radius 3 is 2.16 bits per heavy atom. The van der Waals surface area contributed by atoms with Gasteiger partial charge in [-0.1, -0.05) is 36.4 Å². The van der Waals surface area contributed by atoms with E-state index in [9.17, 15) is 19.2 Å². The van der Waals surface area contributed by atoms with Crippen molar-refractivity contribution in [1.82, 2.24) is 20.0 Å². The normalized spacial score (nSPS) is 20.8. The highest BCUT2D eigenvalue weighted by Gasteiger charge is 2.36. The zero-order chi connectivity index (χ0) is 35.5. The van der Waals surface area contributed by atoms with Crippen LogP contribution in [0.3, 0.4) is 0 Å². The first kappa shape index (κ1) is 34.9. The fourth-order valence-corrected chi connectivity index (χ4v) is 8.31. The molecule has 0 bridgehead atoms. The zero-order valence-corrected chi connectivity index (χ0v) is 29.7. The Hall–Kier alpha value is -4.54. The monoisotopic (exact) mass is 692 g/mol. The number of fused-ring (bicyclic) bond motifs is 1. The van der Waals surface area contributed by atoms with Gasteiger partial charge >= 0.3 is 0 Å². The SMILES string of the molecule is CCOc1cc(CN2C(=O)c3ccc(CCN4CCC(N5CCC(c6ccc(C7CCC(=O)NC7=O)cc6)CC5)CC4)cc3C2=O)ccc1OC. The van der Waals surface area contributed by atoms with E-state index in [2.05, 4.69) is 39.4 Å². The van der Waals surface area contributed by atoms with Gasteiger partial charge in [-0.15, -0.1) is 0 Å². The Morgan fingerprint density at radius 2 is 1.45 bits per heavy atom. The number of carbonyl (C=O) groups is 4. The summed E-state index contributed by atoms with van der Waals surface area (Å²) < 4.78 is 11.1. The van der Waals surface area contributed by atoms with Crippen LogP contribution < -0.4 is 14.8 Å². The van der Waals surface area contributed by atoms with Crippen molar-refractivity contribution in [3.05, 3.63) is 94.0 Å². The van der Waals surface area contributed by atoms with Crippen LogP contribution in [0.2, 0.25) is 0 Å². The van der Waals surface area contributed by atoms with Gasteiger partial charge in [0.25, 0.3) is 11.8 Å². The summed E-state index contributed by atoms with van der Waals surface area (Å²) in [7, 11) is 1.59. The molecule has 7 rings (SSSR count). The van der Waals surface area contributed by atoms with E-state index in [1.54, 1.807) is 13.2 Å². The molecular formula is C41H48N4O6. The van der Waals surface area contributed by atoms with Crippen molar-refractivity contribution in [3.8, 4) is 11.5 Å². The molecule has 1 N–H and O–H groups in total. The van der Waals surface area contributed by atoms with E-state index in [1.807, 2.05) is 37.3 Å². The summed E-state index contributed by atoms with van der Waals surface area (Å²) in [5.41, 5.74) is 5.19. The second kappa shape index (κ2) is 15.4. The number of likely N-dealkylation sites (tertiary alicyclic amines) is 2. The molecule has 1 atom stereocenters. The van der Waals surface area contributed by atoms with Crippen LogP contribution in [0.4, 0.5) is 0 Å². The van der Waals surface area contributed by atoms with Crippen LogP contribution in [0.5, 0.6) is 11.5 Å². The van der Waals surface area contributed by atoms with Crippen molar-refractivity contribution >= 4 is 23.6 Å². The number of hydrogen-bond donors (Lipinski definition) is 1. The summed E-state index contributed by atoms with van der Waals surface area (Å²) >= 11 is 0. The van der Waals surface area contributed by atoms with Crippen molar-refractivity contribution < 1.29 is 28.7 Å². The van der Waals surface area contributed by atoms with Crippen LogP contribution in [-0.4, -0.2) is 90.8 Å². The molecule has 4 amide bonds. The molecule has 3 saturated heterocycles. The number of piperidine rings is 3. The number of carbonyl (C=O) groups excluding carboxylic acids is 4. The van der Waals surface area contributed by atoms with E-state index >= 15 is 0 Å². The van der Waals surface area contributed by atoms with E-state index in [4.69, 9.17) is 9.47 Å². The lowest BCUT2D eigenvalue weighted by Gasteiger charge is -2.42. The highest BCUT2D eigenvalue weighted by Crippen LogP contribution is 2.34. The third-order valence-electron chi connectivity index (χ3n) is 11.3. The standard InChI is InChI=1S/C41H48N4O6/c1-3-51-37-25-28(5-12-36(37)50-2)26-45-40(48)34-10-4-27(24-35(34)41(45)49)14-19-43-20-17-32(18-21-43)44-22-15-30(16-23-44)29-6-8-31(9-7-29)33-11-13-38(46)42-39(33)47/h4-10,12,24-25,30,32-33H,3,11,13-23,26H2,1-2H3,(H,42,46,47). The first-order valence-corrected chi connectivity index (χ1v) is 18.5. The molecule has 3 aromatic rings. The average Bonchev–Trinajstić information content (AvgIpc) is 3.38. The fourth-order valence-electron chi connectivity index (χ4n) is 8.31. The molecule has 0 aromatic heterocycles. The summed E-state index contributed by atoms with van der Waals surface area (Å²) in [6.07, 6.45) is 6.43. The van der Waals surface area contributed by atoms with E-state index in [-0.39, 0.29) is 36.1 Å². The van der Waals surface area contributed by atoms with Gasteiger partial charge in [-0.25, -0.2) is 0 Å². The van der Waals surface area contributed by atoms with Crippen molar-refractivity contribution in [2.75, 3.05) is 46.4 Å². The molecule has 4 heterocycles. The minimum Gasteiger partial charge on any atom is -0.493 e. The minimum absolute atomic E-state index is 0.175. The molecule has 0 radical (unpaired) electrons. The summed E-state index contributed by atoms with van der Waals surface area (Å²) in [5, 5.41) is 2.47. The Morgan fingerprint density at radius 1 is 0.745 bits per heavy atom. The predicted octanol–water partition coefficient (Wildman–Crippen LogP) is 5.30. The van der Waals surface area contributed by atoms with Crippen molar-refractivity contribution in [2.45, 2.75) is 76.3 Å². The Kier molecular flexibility index (Phi) is 10.5. The predicted molar refractivity (Wildman–Crippen MR) is 193 cm³/mol. The van der Waals surface area contributed by atoms with Crippen LogP contribution >= 0.6 is 0 Å². The number of imide groups is 2. The Labute approximate surface area is 300 Å². The quantitative estimate of drug-likeness (QED) is 0.270. The molecule has 3 aromatic carbocycles. The number of hydrogen-bond acceptors (Lipinski definition) is 8. The van der Waals surface area contributed by atoms with Gasteiger partial charge in [-0.05, 0) is 124 Å². The third kappa shape index (κ3) is 7.58. The number of rotatable bonds is 11. The molecular weight excluding hydrogens is 644 g/mol. The lowest BCUT2D eigenvalue weighted by Crippen LogP contribution is -2.47.